The van der Waals surface area contributed by atoms with Gasteiger partial charge in [0.05, 0.1) is 0 Å². The Bertz CT molecular complexity index is 362. The van der Waals surface area contributed by atoms with Crippen LogP contribution in [0.3, 0.4) is 0 Å². The van der Waals surface area contributed by atoms with Crippen molar-refractivity contribution in [1.29, 1.82) is 0 Å². The SMILES string of the molecule is CC1=CC(O)(C(F)(F)F)N(C(=O)C2CC2)N1. The predicted octanol–water partition coefficient (Wildman–Crippen LogP) is 0.898. The molecule has 0 aromatic rings. The fourth-order valence-corrected chi connectivity index (χ4v) is 1.60. The average Bonchev–Trinajstić information content (AvgIpc) is 2.90. The van der Waals surface area contributed by atoms with E-state index in [1.807, 2.05) is 0 Å². The van der Waals surface area contributed by atoms with Crippen LogP contribution < -0.4 is 5.43 Å². The number of alkyl halides is 3. The van der Waals surface area contributed by atoms with Crippen LogP contribution in [-0.4, -0.2) is 27.9 Å². The number of rotatable bonds is 1. The number of aliphatic hydroxyl groups is 1. The Morgan fingerprint density at radius 1 is 1.62 bits per heavy atom. The molecule has 1 atom stereocenters. The van der Waals surface area contributed by atoms with Crippen LogP contribution in [0.5, 0.6) is 0 Å². The lowest BCUT2D eigenvalue weighted by Gasteiger charge is -2.33. The highest BCUT2D eigenvalue weighted by Gasteiger charge is 2.62. The highest BCUT2D eigenvalue weighted by molar-refractivity contribution is 5.82. The molecule has 90 valence electrons. The Kier molecular flexibility index (Phi) is 2.20. The van der Waals surface area contributed by atoms with Gasteiger partial charge in [-0.05, 0) is 25.8 Å². The Morgan fingerprint density at radius 3 is 2.62 bits per heavy atom. The first-order valence-electron chi connectivity index (χ1n) is 4.85. The van der Waals surface area contributed by atoms with Gasteiger partial charge in [-0.3, -0.25) is 10.2 Å². The first-order chi connectivity index (χ1) is 7.25. The monoisotopic (exact) mass is 236 g/mol. The number of nitrogens with one attached hydrogen (secondary N) is 1. The van der Waals surface area contributed by atoms with Gasteiger partial charge in [-0.15, -0.1) is 0 Å². The van der Waals surface area contributed by atoms with Crippen molar-refractivity contribution in [3.63, 3.8) is 0 Å². The van der Waals surface area contributed by atoms with Crippen LogP contribution in [0, 0.1) is 5.92 Å². The standard InChI is InChI=1S/C9H11F3N2O2/c1-5-4-8(16,9(10,11)12)14(13-5)7(15)6-2-3-6/h4,6,13,16H,2-3H2,1H3. The van der Waals surface area contributed by atoms with E-state index in [1.54, 1.807) is 0 Å². The smallest absolute Gasteiger partial charge is 0.359 e. The molecular formula is C9H11F3N2O2. The molecule has 1 unspecified atom stereocenters. The molecule has 2 rings (SSSR count). The molecule has 0 aromatic carbocycles. The van der Waals surface area contributed by atoms with Gasteiger partial charge in [0.25, 0.3) is 5.72 Å². The van der Waals surface area contributed by atoms with Gasteiger partial charge in [-0.2, -0.15) is 13.2 Å². The minimum Gasteiger partial charge on any atom is -0.359 e. The maximum atomic E-state index is 12.7. The summed E-state index contributed by atoms with van der Waals surface area (Å²) in [5, 5.41) is 9.82. The van der Waals surface area contributed by atoms with Crippen LogP contribution in [0.4, 0.5) is 13.2 Å². The van der Waals surface area contributed by atoms with E-state index >= 15 is 0 Å². The number of amides is 1. The van der Waals surface area contributed by atoms with E-state index in [4.69, 9.17) is 0 Å². The second-order valence-corrected chi connectivity index (χ2v) is 4.11. The molecule has 1 aliphatic carbocycles. The Hall–Kier alpha value is -1.24. The number of carbonyl (C=O) groups excluding carboxylic acids is 1. The van der Waals surface area contributed by atoms with Crippen molar-refractivity contribution >= 4 is 5.91 Å². The molecule has 1 aliphatic heterocycles. The first-order valence-corrected chi connectivity index (χ1v) is 4.85. The minimum absolute atomic E-state index is 0.105. The van der Waals surface area contributed by atoms with E-state index in [1.165, 1.54) is 6.92 Å². The summed E-state index contributed by atoms with van der Waals surface area (Å²) < 4.78 is 38.1. The molecule has 1 saturated carbocycles. The zero-order valence-electron chi connectivity index (χ0n) is 8.51. The van der Waals surface area contributed by atoms with Gasteiger partial charge in [-0.1, -0.05) is 0 Å². The number of halogens is 3. The number of hydrogen-bond acceptors (Lipinski definition) is 3. The van der Waals surface area contributed by atoms with Crippen molar-refractivity contribution in [1.82, 2.24) is 10.4 Å². The van der Waals surface area contributed by atoms with Gasteiger partial charge in [0.1, 0.15) is 0 Å². The van der Waals surface area contributed by atoms with Gasteiger partial charge < -0.3 is 5.11 Å². The number of carbonyl (C=O) groups is 1. The van der Waals surface area contributed by atoms with E-state index < -0.39 is 23.7 Å². The molecular weight excluding hydrogens is 225 g/mol. The van der Waals surface area contributed by atoms with E-state index in [0.29, 0.717) is 18.9 Å². The number of allylic oxidation sites excluding steroid dienone is 1. The number of hydrogen-bond donors (Lipinski definition) is 2. The van der Waals surface area contributed by atoms with Crippen LogP contribution in [0.25, 0.3) is 0 Å². The fourth-order valence-electron chi connectivity index (χ4n) is 1.60. The lowest BCUT2D eigenvalue weighted by Crippen LogP contribution is -2.60. The van der Waals surface area contributed by atoms with Crippen molar-refractivity contribution in [2.24, 2.45) is 5.92 Å². The van der Waals surface area contributed by atoms with E-state index in [9.17, 15) is 23.1 Å². The lowest BCUT2D eigenvalue weighted by molar-refractivity contribution is -0.289. The number of hydrazine groups is 1. The number of nitrogens with zero attached hydrogens (tertiary/aromatic N) is 1. The van der Waals surface area contributed by atoms with Crippen molar-refractivity contribution in [3.05, 3.63) is 11.8 Å². The van der Waals surface area contributed by atoms with Gasteiger partial charge in [0.2, 0.25) is 5.91 Å². The second kappa shape index (κ2) is 3.13. The maximum absolute atomic E-state index is 12.7. The van der Waals surface area contributed by atoms with Gasteiger partial charge in [0, 0.05) is 11.6 Å². The third-order valence-corrected chi connectivity index (χ3v) is 2.61. The molecule has 7 heteroatoms. The second-order valence-electron chi connectivity index (χ2n) is 4.11. The molecule has 16 heavy (non-hydrogen) atoms. The molecule has 2 aliphatic rings. The van der Waals surface area contributed by atoms with Gasteiger partial charge in [0.15, 0.2) is 0 Å². The van der Waals surface area contributed by atoms with Crippen molar-refractivity contribution in [3.8, 4) is 0 Å². The normalized spacial score (nSPS) is 30.1. The average molecular weight is 236 g/mol. The molecule has 4 nitrogen and oxygen atoms in total. The Labute approximate surface area is 89.7 Å². The topological polar surface area (TPSA) is 52.6 Å². The quantitative estimate of drug-likeness (QED) is 0.711. The largest absolute Gasteiger partial charge is 0.442 e. The molecule has 0 saturated heterocycles. The van der Waals surface area contributed by atoms with Crippen molar-refractivity contribution < 1.29 is 23.1 Å². The van der Waals surface area contributed by atoms with Crippen LogP contribution in [0.15, 0.2) is 11.8 Å². The summed E-state index contributed by atoms with van der Waals surface area (Å²) >= 11 is 0. The van der Waals surface area contributed by atoms with E-state index in [-0.39, 0.29) is 10.7 Å². The van der Waals surface area contributed by atoms with Crippen LogP contribution in [-0.2, 0) is 4.79 Å². The van der Waals surface area contributed by atoms with E-state index in [0.717, 1.165) is 0 Å². The molecule has 1 amide bonds. The van der Waals surface area contributed by atoms with Gasteiger partial charge >= 0.3 is 6.18 Å². The summed E-state index contributed by atoms with van der Waals surface area (Å²) in [6.45, 7) is 1.36. The zero-order valence-corrected chi connectivity index (χ0v) is 8.51. The van der Waals surface area contributed by atoms with Gasteiger partial charge in [-0.25, -0.2) is 5.01 Å². The molecule has 2 N–H and O–H groups in total. The molecule has 0 aromatic heterocycles. The minimum atomic E-state index is -4.91. The summed E-state index contributed by atoms with van der Waals surface area (Å²) in [6.07, 6.45) is -3.16. The van der Waals surface area contributed by atoms with Crippen LogP contribution in [0.2, 0.25) is 0 Å². The molecule has 1 heterocycles. The zero-order chi connectivity index (χ0) is 12.1. The third-order valence-electron chi connectivity index (χ3n) is 2.61. The summed E-state index contributed by atoms with van der Waals surface area (Å²) in [6, 6.07) is 0. The molecule has 0 spiro atoms. The highest BCUT2D eigenvalue weighted by Crippen LogP contribution is 2.41. The van der Waals surface area contributed by atoms with Crippen LogP contribution >= 0.6 is 0 Å². The maximum Gasteiger partial charge on any atom is 0.442 e. The van der Waals surface area contributed by atoms with Crippen LogP contribution in [0.1, 0.15) is 19.8 Å². The first kappa shape index (κ1) is 11.3. The Morgan fingerprint density at radius 2 is 2.19 bits per heavy atom. The summed E-state index contributed by atoms with van der Waals surface area (Å²) in [7, 11) is 0. The summed E-state index contributed by atoms with van der Waals surface area (Å²) in [5.41, 5.74) is -0.873. The fraction of sp³-hybridized carbons (Fsp3) is 0.667. The molecule has 0 bridgehead atoms. The lowest BCUT2D eigenvalue weighted by atomic mass is 10.1. The summed E-state index contributed by atoms with van der Waals surface area (Å²) in [5.74, 6) is -1.12. The van der Waals surface area contributed by atoms with Crippen molar-refractivity contribution in [2.45, 2.75) is 31.7 Å². The Balaban J connectivity index is 2.29. The third kappa shape index (κ3) is 1.55. The molecule has 0 radical (unpaired) electrons. The summed E-state index contributed by atoms with van der Waals surface area (Å²) in [4.78, 5) is 11.6. The van der Waals surface area contributed by atoms with Crippen molar-refractivity contribution in [2.75, 3.05) is 0 Å². The highest BCUT2D eigenvalue weighted by atomic mass is 19.4. The van der Waals surface area contributed by atoms with E-state index in [2.05, 4.69) is 5.43 Å². The molecule has 1 fully saturated rings. The predicted molar refractivity (Wildman–Crippen MR) is 47.5 cm³/mol.